The summed E-state index contributed by atoms with van der Waals surface area (Å²) in [5, 5.41) is 27.8. The van der Waals surface area contributed by atoms with Crippen LogP contribution in [-0.4, -0.2) is 36.5 Å². The third-order valence-electron chi connectivity index (χ3n) is 8.22. The maximum Gasteiger partial charge on any atom is 0.406 e. The fraction of sp³-hybridized carbons (Fsp3) is 0.100. The van der Waals surface area contributed by atoms with Gasteiger partial charge in [-0.3, -0.25) is 0 Å². The van der Waals surface area contributed by atoms with Gasteiger partial charge in [0.25, 0.3) is 0 Å². The summed E-state index contributed by atoms with van der Waals surface area (Å²) in [5.41, 5.74) is 14.8. The zero-order valence-corrected chi connectivity index (χ0v) is 28.6. The number of nitrogen functional groups attached to an aromatic ring is 1. The lowest BCUT2D eigenvalue weighted by molar-refractivity contribution is -0.140. The van der Waals surface area contributed by atoms with Crippen LogP contribution in [0.3, 0.4) is 0 Å². The van der Waals surface area contributed by atoms with Crippen LogP contribution in [0.1, 0.15) is 16.7 Å². The van der Waals surface area contributed by atoms with Crippen molar-refractivity contribution < 1.29 is 14.2 Å². The normalized spacial score (nSPS) is 11.5. The molecule has 0 unspecified atom stereocenters. The van der Waals surface area contributed by atoms with Crippen LogP contribution in [-0.2, 0) is 0 Å². The number of azo groups is 1. The van der Waals surface area contributed by atoms with Crippen molar-refractivity contribution in [3.63, 3.8) is 0 Å². The highest BCUT2D eigenvalue weighted by Gasteiger charge is 2.23. The van der Waals surface area contributed by atoms with Crippen molar-refractivity contribution in [2.45, 2.75) is 27.2 Å². The van der Waals surface area contributed by atoms with Crippen LogP contribution in [0, 0.1) is 20.8 Å². The number of rotatable bonds is 10. The highest BCUT2D eigenvalue weighted by molar-refractivity contribution is 5.74. The van der Waals surface area contributed by atoms with Crippen LogP contribution in [0.25, 0.3) is 33.4 Å². The summed E-state index contributed by atoms with van der Waals surface area (Å²) < 4.78 is 19.8. The first kappa shape index (κ1) is 32.1. The Hall–Kier alpha value is -7.08. The molecular formula is C40H33N9O3. The Kier molecular flexibility index (Phi) is 8.45. The zero-order valence-electron chi connectivity index (χ0n) is 28.6. The van der Waals surface area contributed by atoms with Crippen molar-refractivity contribution >= 4 is 39.1 Å². The number of nitrogens with two attached hydrogens (primary N) is 1. The highest BCUT2D eigenvalue weighted by atomic mass is 16.8. The number of hydrogen-bond acceptors (Lipinski definition) is 10. The highest BCUT2D eigenvalue weighted by Crippen LogP contribution is 2.35. The van der Waals surface area contributed by atoms with Gasteiger partial charge in [-0.15, -0.1) is 40.2 Å². The van der Waals surface area contributed by atoms with Crippen molar-refractivity contribution in [3.05, 3.63) is 144 Å². The monoisotopic (exact) mass is 687 g/mol. The first-order valence-corrected chi connectivity index (χ1v) is 16.6. The van der Waals surface area contributed by atoms with Gasteiger partial charge in [0.15, 0.2) is 17.2 Å². The van der Waals surface area contributed by atoms with Gasteiger partial charge >= 0.3 is 6.48 Å². The fourth-order valence-electron chi connectivity index (χ4n) is 5.58. The van der Waals surface area contributed by atoms with Gasteiger partial charge in [0.1, 0.15) is 44.8 Å². The van der Waals surface area contributed by atoms with Crippen LogP contribution < -0.4 is 19.9 Å². The van der Waals surface area contributed by atoms with E-state index in [0.29, 0.717) is 45.7 Å². The van der Waals surface area contributed by atoms with E-state index in [1.54, 1.807) is 27.8 Å². The molecule has 0 saturated carbocycles. The van der Waals surface area contributed by atoms with Gasteiger partial charge < -0.3 is 19.9 Å². The lowest BCUT2D eigenvalue weighted by Crippen LogP contribution is -2.31. The molecule has 0 atom stereocenters. The Morgan fingerprint density at radius 3 is 1.38 bits per heavy atom. The molecule has 8 aromatic rings. The second kappa shape index (κ2) is 13.7. The second-order valence-corrected chi connectivity index (χ2v) is 12.3. The van der Waals surface area contributed by atoms with E-state index in [2.05, 4.69) is 10.2 Å². The molecule has 2 aromatic heterocycles. The van der Waals surface area contributed by atoms with Crippen molar-refractivity contribution in [2.75, 3.05) is 5.73 Å². The van der Waals surface area contributed by atoms with E-state index in [-0.39, 0.29) is 0 Å². The van der Waals surface area contributed by atoms with Gasteiger partial charge in [-0.2, -0.15) is 0 Å². The average molecular weight is 688 g/mol. The van der Waals surface area contributed by atoms with E-state index in [1.165, 1.54) is 0 Å². The number of para-hydroxylation sites is 1. The molecule has 0 aliphatic carbocycles. The maximum absolute atomic E-state index is 6.62. The SMILES string of the molecule is Cc1ccc(OC(Oc2ccc(C)cc2-n2nc3ccccc3n2)Oc2ccc(C)cc2-n2nc3ccccc3n2)c(N=Nc2ccccc2N)c1. The number of fused-ring (bicyclic) bond motifs is 2. The molecule has 2 heterocycles. The summed E-state index contributed by atoms with van der Waals surface area (Å²) >= 11 is 0. The summed E-state index contributed by atoms with van der Waals surface area (Å²) in [6.45, 7) is 4.59. The van der Waals surface area contributed by atoms with Crippen LogP contribution >= 0.6 is 0 Å². The number of nitrogens with zero attached hydrogens (tertiary/aromatic N) is 8. The predicted octanol–water partition coefficient (Wildman–Crippen LogP) is 8.90. The standard InChI is InChI=1S/C40H33N9O3/c1-25-16-19-37(34(22-25)43-42-29-11-5-4-10-28(29)41)50-40(51-38-20-17-26(2)23-35(38)48-44-30-12-6-7-13-31(30)45-48)52-39-21-18-27(3)24-36(39)49-46-32-14-8-9-15-33(32)47-49/h4-24,40H,41H2,1-3H3. The molecule has 12 nitrogen and oxygen atoms in total. The molecule has 0 bridgehead atoms. The minimum atomic E-state index is -1.35. The van der Waals surface area contributed by atoms with Gasteiger partial charge in [0, 0.05) is 0 Å². The molecule has 0 saturated heterocycles. The van der Waals surface area contributed by atoms with E-state index < -0.39 is 6.48 Å². The third-order valence-corrected chi connectivity index (χ3v) is 8.22. The Balaban J connectivity index is 1.21. The number of aromatic nitrogens is 6. The minimum absolute atomic E-state index is 0.363. The van der Waals surface area contributed by atoms with Gasteiger partial charge in [-0.1, -0.05) is 54.6 Å². The first-order chi connectivity index (χ1) is 25.4. The Morgan fingerprint density at radius 2 is 0.885 bits per heavy atom. The van der Waals surface area contributed by atoms with E-state index in [9.17, 15) is 0 Å². The smallest absolute Gasteiger partial charge is 0.406 e. The topological polar surface area (TPSA) is 140 Å². The first-order valence-electron chi connectivity index (χ1n) is 16.6. The molecule has 0 aliphatic heterocycles. The lowest BCUT2D eigenvalue weighted by Gasteiger charge is -2.24. The quantitative estimate of drug-likeness (QED) is 0.0854. The molecule has 12 heteroatoms. The Morgan fingerprint density at radius 1 is 0.481 bits per heavy atom. The molecular weight excluding hydrogens is 654 g/mol. The van der Waals surface area contributed by atoms with Crippen molar-refractivity contribution in [1.82, 2.24) is 30.0 Å². The summed E-state index contributed by atoms with van der Waals surface area (Å²) in [6.07, 6.45) is 0. The summed E-state index contributed by atoms with van der Waals surface area (Å²) in [6, 6.07) is 39.6. The van der Waals surface area contributed by atoms with E-state index >= 15 is 0 Å². The van der Waals surface area contributed by atoms with Gasteiger partial charge in [0.2, 0.25) is 0 Å². The zero-order chi connectivity index (χ0) is 35.6. The van der Waals surface area contributed by atoms with Crippen LogP contribution in [0.15, 0.2) is 138 Å². The summed E-state index contributed by atoms with van der Waals surface area (Å²) in [7, 11) is 0. The number of ether oxygens (including phenoxy) is 3. The lowest BCUT2D eigenvalue weighted by atomic mass is 10.2. The summed E-state index contributed by atoms with van der Waals surface area (Å²) in [4.78, 5) is 3.10. The molecule has 0 radical (unpaired) electrons. The predicted molar refractivity (Wildman–Crippen MR) is 199 cm³/mol. The summed E-state index contributed by atoms with van der Waals surface area (Å²) in [5.74, 6) is 1.20. The Labute approximate surface area is 298 Å². The molecule has 6 aromatic carbocycles. The minimum Gasteiger partial charge on any atom is -0.420 e. The second-order valence-electron chi connectivity index (χ2n) is 12.3. The molecule has 256 valence electrons. The molecule has 0 fully saturated rings. The van der Waals surface area contributed by atoms with Crippen LogP contribution in [0.2, 0.25) is 0 Å². The fourth-order valence-corrected chi connectivity index (χ4v) is 5.58. The van der Waals surface area contributed by atoms with Crippen molar-refractivity contribution in [2.24, 2.45) is 10.2 Å². The van der Waals surface area contributed by atoms with Crippen molar-refractivity contribution in [3.8, 4) is 28.6 Å². The number of hydrogen-bond donors (Lipinski definition) is 1. The third kappa shape index (κ3) is 6.72. The molecule has 8 rings (SSSR count). The van der Waals surface area contributed by atoms with Crippen molar-refractivity contribution in [1.29, 1.82) is 0 Å². The van der Waals surface area contributed by atoms with E-state index in [4.69, 9.17) is 40.3 Å². The van der Waals surface area contributed by atoms with E-state index in [1.807, 2.05) is 130 Å². The molecule has 0 spiro atoms. The number of anilines is 1. The van der Waals surface area contributed by atoms with Gasteiger partial charge in [-0.25, -0.2) is 0 Å². The van der Waals surface area contributed by atoms with Gasteiger partial charge in [0.05, 0.1) is 5.69 Å². The largest absolute Gasteiger partial charge is 0.420 e. The van der Waals surface area contributed by atoms with Crippen LogP contribution in [0.5, 0.6) is 17.2 Å². The van der Waals surface area contributed by atoms with Crippen LogP contribution in [0.4, 0.5) is 17.1 Å². The molecule has 0 aliphatic rings. The molecule has 2 N–H and O–H groups in total. The van der Waals surface area contributed by atoms with Gasteiger partial charge in [-0.05, 0) is 110 Å². The van der Waals surface area contributed by atoms with E-state index in [0.717, 1.165) is 38.8 Å². The number of benzene rings is 6. The average Bonchev–Trinajstić information content (AvgIpc) is 3.78. The molecule has 0 amide bonds. The molecule has 52 heavy (non-hydrogen) atoms. The maximum atomic E-state index is 6.62. The number of aryl methyl sites for hydroxylation is 3. The Bertz CT molecular complexity index is 2400.